The quantitative estimate of drug-likeness (QED) is 0.699. The van der Waals surface area contributed by atoms with E-state index in [2.05, 4.69) is 19.2 Å². The molecule has 0 bridgehead atoms. The van der Waals surface area contributed by atoms with Gasteiger partial charge in [0.1, 0.15) is 0 Å². The predicted molar refractivity (Wildman–Crippen MR) is 51.3 cm³/mol. The number of ether oxygens (including phenoxy) is 1. The van der Waals surface area contributed by atoms with Crippen molar-refractivity contribution in [2.24, 2.45) is 5.92 Å². The summed E-state index contributed by atoms with van der Waals surface area (Å²) in [5.41, 5.74) is 0. The van der Waals surface area contributed by atoms with Crippen molar-refractivity contribution in [3.05, 3.63) is 0 Å². The summed E-state index contributed by atoms with van der Waals surface area (Å²) in [6, 6.07) is 0.684. The molecule has 0 radical (unpaired) electrons. The first-order chi connectivity index (χ1) is 5.72. The van der Waals surface area contributed by atoms with Crippen LogP contribution >= 0.6 is 0 Å². The normalized spacial score (nSPS) is 31.0. The van der Waals surface area contributed by atoms with Gasteiger partial charge in [-0.2, -0.15) is 0 Å². The molecular weight excluding hydrogens is 150 g/mol. The molecule has 2 nitrogen and oxygen atoms in total. The summed E-state index contributed by atoms with van der Waals surface area (Å²) in [6.07, 6.45) is 4.13. The van der Waals surface area contributed by atoms with E-state index in [9.17, 15) is 0 Å². The van der Waals surface area contributed by atoms with Crippen molar-refractivity contribution in [3.63, 3.8) is 0 Å². The molecule has 0 aliphatic carbocycles. The second-order valence-electron chi connectivity index (χ2n) is 4.16. The van der Waals surface area contributed by atoms with Gasteiger partial charge in [-0.25, -0.2) is 0 Å². The van der Waals surface area contributed by atoms with Crippen LogP contribution in [0, 0.1) is 5.92 Å². The summed E-state index contributed by atoms with van der Waals surface area (Å²) in [7, 11) is 1.82. The van der Waals surface area contributed by atoms with Gasteiger partial charge in [-0.15, -0.1) is 0 Å². The van der Waals surface area contributed by atoms with Crippen LogP contribution < -0.4 is 5.32 Å². The Hall–Kier alpha value is -0.0800. The standard InChI is InChI=1S/C10H21NO/c1-8(2)6-9-7-10(12-3)4-5-11-9/h8-11H,4-7H2,1-3H3/t9-,10?/m0/s1. The van der Waals surface area contributed by atoms with E-state index < -0.39 is 0 Å². The Bertz CT molecular complexity index is 125. The highest BCUT2D eigenvalue weighted by Crippen LogP contribution is 2.17. The van der Waals surface area contributed by atoms with Crippen LogP contribution in [0.1, 0.15) is 33.1 Å². The lowest BCUT2D eigenvalue weighted by molar-refractivity contribution is 0.0589. The molecular formula is C10H21NO. The molecule has 0 aromatic carbocycles. The van der Waals surface area contributed by atoms with Crippen LogP contribution in [0.2, 0.25) is 0 Å². The van der Waals surface area contributed by atoms with Crippen LogP contribution in [0.25, 0.3) is 0 Å². The van der Waals surface area contributed by atoms with Crippen LogP contribution in [0.5, 0.6) is 0 Å². The van der Waals surface area contributed by atoms with Crippen LogP contribution in [0.15, 0.2) is 0 Å². The molecule has 12 heavy (non-hydrogen) atoms. The molecule has 0 aromatic rings. The Morgan fingerprint density at radius 1 is 1.50 bits per heavy atom. The fourth-order valence-corrected chi connectivity index (χ4v) is 1.93. The molecule has 1 heterocycles. The second-order valence-corrected chi connectivity index (χ2v) is 4.16. The lowest BCUT2D eigenvalue weighted by Crippen LogP contribution is -2.41. The Balaban J connectivity index is 2.25. The minimum absolute atomic E-state index is 0.495. The van der Waals surface area contributed by atoms with Gasteiger partial charge < -0.3 is 10.1 Å². The summed E-state index contributed by atoms with van der Waals surface area (Å²) in [5.74, 6) is 0.790. The third-order valence-corrected chi connectivity index (χ3v) is 2.54. The number of methoxy groups -OCH3 is 1. The summed E-state index contributed by atoms with van der Waals surface area (Å²) < 4.78 is 5.36. The summed E-state index contributed by atoms with van der Waals surface area (Å²) >= 11 is 0. The van der Waals surface area contributed by atoms with Crippen molar-refractivity contribution in [3.8, 4) is 0 Å². The van der Waals surface area contributed by atoms with Gasteiger partial charge in [0, 0.05) is 13.2 Å². The number of piperidine rings is 1. The van der Waals surface area contributed by atoms with Gasteiger partial charge in [0.15, 0.2) is 0 Å². The van der Waals surface area contributed by atoms with Crippen molar-refractivity contribution in [2.75, 3.05) is 13.7 Å². The summed E-state index contributed by atoms with van der Waals surface area (Å²) in [4.78, 5) is 0. The van der Waals surface area contributed by atoms with Crippen molar-refractivity contribution in [1.82, 2.24) is 5.32 Å². The Labute approximate surface area is 75.7 Å². The van der Waals surface area contributed by atoms with Gasteiger partial charge in [0.2, 0.25) is 0 Å². The fraction of sp³-hybridized carbons (Fsp3) is 1.00. The van der Waals surface area contributed by atoms with Crippen LogP contribution in [0.4, 0.5) is 0 Å². The molecule has 0 saturated carbocycles. The first kappa shape index (κ1) is 10.0. The topological polar surface area (TPSA) is 21.3 Å². The highest BCUT2D eigenvalue weighted by atomic mass is 16.5. The maximum Gasteiger partial charge on any atom is 0.0598 e. The van der Waals surface area contributed by atoms with E-state index >= 15 is 0 Å². The largest absolute Gasteiger partial charge is 0.381 e. The smallest absolute Gasteiger partial charge is 0.0598 e. The molecule has 1 aliphatic rings. The van der Waals surface area contributed by atoms with E-state index in [1.807, 2.05) is 7.11 Å². The average molecular weight is 171 g/mol. The Morgan fingerprint density at radius 3 is 2.83 bits per heavy atom. The SMILES string of the molecule is COC1CCN[C@@H](CC(C)C)C1. The highest BCUT2D eigenvalue weighted by Gasteiger charge is 2.21. The molecule has 1 saturated heterocycles. The Kier molecular flexibility index (Phi) is 4.02. The molecule has 2 atom stereocenters. The molecule has 1 rings (SSSR count). The predicted octanol–water partition coefficient (Wildman–Crippen LogP) is 1.80. The minimum atomic E-state index is 0.495. The zero-order valence-electron chi connectivity index (χ0n) is 8.47. The minimum Gasteiger partial charge on any atom is -0.381 e. The second kappa shape index (κ2) is 4.83. The molecule has 0 spiro atoms. The molecule has 0 amide bonds. The molecule has 1 fully saturated rings. The first-order valence-electron chi connectivity index (χ1n) is 4.98. The molecule has 1 N–H and O–H groups in total. The van der Waals surface area contributed by atoms with Crippen molar-refractivity contribution < 1.29 is 4.74 Å². The maximum atomic E-state index is 5.36. The van der Waals surface area contributed by atoms with E-state index in [4.69, 9.17) is 4.74 Å². The molecule has 1 unspecified atom stereocenters. The van der Waals surface area contributed by atoms with Gasteiger partial charge >= 0.3 is 0 Å². The third-order valence-electron chi connectivity index (χ3n) is 2.54. The lowest BCUT2D eigenvalue weighted by atomic mass is 9.94. The van der Waals surface area contributed by atoms with E-state index in [1.54, 1.807) is 0 Å². The van der Waals surface area contributed by atoms with E-state index in [-0.39, 0.29) is 0 Å². The molecule has 72 valence electrons. The van der Waals surface area contributed by atoms with Crippen molar-refractivity contribution in [2.45, 2.75) is 45.3 Å². The van der Waals surface area contributed by atoms with Crippen LogP contribution in [0.3, 0.4) is 0 Å². The zero-order valence-corrected chi connectivity index (χ0v) is 8.47. The fourth-order valence-electron chi connectivity index (χ4n) is 1.93. The van der Waals surface area contributed by atoms with E-state index in [0.29, 0.717) is 12.1 Å². The maximum absolute atomic E-state index is 5.36. The van der Waals surface area contributed by atoms with Crippen molar-refractivity contribution in [1.29, 1.82) is 0 Å². The van der Waals surface area contributed by atoms with E-state index in [1.165, 1.54) is 19.3 Å². The monoisotopic (exact) mass is 171 g/mol. The zero-order chi connectivity index (χ0) is 8.97. The Morgan fingerprint density at radius 2 is 2.25 bits per heavy atom. The molecule has 1 aliphatic heterocycles. The van der Waals surface area contributed by atoms with Gasteiger partial charge in [0.25, 0.3) is 0 Å². The molecule has 2 heteroatoms. The van der Waals surface area contributed by atoms with Gasteiger partial charge in [-0.1, -0.05) is 13.8 Å². The summed E-state index contributed by atoms with van der Waals surface area (Å²) in [6.45, 7) is 5.67. The van der Waals surface area contributed by atoms with Gasteiger partial charge in [-0.05, 0) is 31.7 Å². The highest BCUT2D eigenvalue weighted by molar-refractivity contribution is 4.79. The molecule has 0 aromatic heterocycles. The number of hydrogen-bond donors (Lipinski definition) is 1. The van der Waals surface area contributed by atoms with Gasteiger partial charge in [-0.3, -0.25) is 0 Å². The first-order valence-corrected chi connectivity index (χ1v) is 4.98. The van der Waals surface area contributed by atoms with E-state index in [0.717, 1.165) is 12.5 Å². The van der Waals surface area contributed by atoms with Crippen molar-refractivity contribution >= 4 is 0 Å². The lowest BCUT2D eigenvalue weighted by Gasteiger charge is -2.30. The average Bonchev–Trinajstić information content (AvgIpc) is 2.03. The van der Waals surface area contributed by atoms with Gasteiger partial charge in [0.05, 0.1) is 6.10 Å². The number of rotatable bonds is 3. The number of nitrogens with one attached hydrogen (secondary N) is 1. The number of hydrogen-bond acceptors (Lipinski definition) is 2. The third kappa shape index (κ3) is 3.11. The van der Waals surface area contributed by atoms with Crippen LogP contribution in [-0.2, 0) is 4.74 Å². The summed E-state index contributed by atoms with van der Waals surface area (Å²) in [5, 5.41) is 3.53. The van der Waals surface area contributed by atoms with Crippen LogP contribution in [-0.4, -0.2) is 25.8 Å².